The summed E-state index contributed by atoms with van der Waals surface area (Å²) in [5, 5.41) is 3.21. The largest absolute Gasteiger partial charge is 0.379 e. The van der Waals surface area contributed by atoms with Gasteiger partial charge < -0.3 is 22.5 Å². The number of unbranched alkanes of at least 4 members (excludes halogenated alkanes) is 8. The number of allylic oxidation sites excluding steroid dienone is 1. The van der Waals surface area contributed by atoms with E-state index in [4.69, 9.17) is 17.2 Å². The molecule has 0 saturated heterocycles. The van der Waals surface area contributed by atoms with Crippen molar-refractivity contribution in [3.8, 4) is 0 Å². The van der Waals surface area contributed by atoms with Gasteiger partial charge >= 0.3 is 0 Å². The topological polar surface area (TPSA) is 141 Å². The van der Waals surface area contributed by atoms with Gasteiger partial charge in [-0.05, 0) is 49.6 Å². The fourth-order valence-corrected chi connectivity index (χ4v) is 3.89. The number of hydrogen-bond acceptors (Lipinski definition) is 5. The van der Waals surface area contributed by atoms with Gasteiger partial charge in [-0.2, -0.15) is 0 Å². The quantitative estimate of drug-likeness (QED) is 0.202. The van der Waals surface area contributed by atoms with Crippen molar-refractivity contribution in [2.75, 3.05) is 13.1 Å². The van der Waals surface area contributed by atoms with Gasteiger partial charge in [0.25, 0.3) is 0 Å². The molecule has 7 N–H and O–H groups in total. The lowest BCUT2D eigenvalue weighted by Gasteiger charge is -2.22. The molecule has 2 amide bonds. The van der Waals surface area contributed by atoms with E-state index in [-0.39, 0.29) is 11.1 Å². The minimum atomic E-state index is -0.617. The van der Waals surface area contributed by atoms with E-state index in [1.54, 1.807) is 6.07 Å². The Kier molecular flexibility index (Phi) is 13.8. The minimum Gasteiger partial charge on any atom is -0.379 e. The molecule has 1 atom stereocenters. The van der Waals surface area contributed by atoms with Crippen molar-refractivity contribution >= 4 is 17.8 Å². The zero-order valence-electron chi connectivity index (χ0n) is 19.5. The van der Waals surface area contributed by atoms with E-state index in [2.05, 4.69) is 12.2 Å². The van der Waals surface area contributed by atoms with E-state index in [0.29, 0.717) is 30.8 Å². The maximum atomic E-state index is 12.0. The molecule has 1 aromatic carbocycles. The minimum absolute atomic E-state index is 0.266. The van der Waals surface area contributed by atoms with Crippen LogP contribution in [0.5, 0.6) is 0 Å². The Bertz CT molecular complexity index is 772. The second-order valence-electron chi connectivity index (χ2n) is 8.28. The van der Waals surface area contributed by atoms with Gasteiger partial charge in [0, 0.05) is 23.6 Å². The first-order valence-corrected chi connectivity index (χ1v) is 11.9. The van der Waals surface area contributed by atoms with Crippen molar-refractivity contribution in [3.63, 3.8) is 0 Å². The third kappa shape index (κ3) is 9.67. The monoisotopic (exact) mass is 444 g/mol. The highest BCUT2D eigenvalue weighted by atomic mass is 16.1. The third-order valence-electron chi connectivity index (χ3n) is 5.73. The summed E-state index contributed by atoms with van der Waals surface area (Å²) >= 11 is 0. The van der Waals surface area contributed by atoms with Crippen LogP contribution in [-0.4, -0.2) is 30.8 Å². The molecule has 0 radical (unpaired) electrons. The van der Waals surface area contributed by atoms with Crippen molar-refractivity contribution in [3.05, 3.63) is 40.6 Å². The molecular formula is C25H40N4O3. The van der Waals surface area contributed by atoms with Crippen LogP contribution in [0.4, 0.5) is 0 Å². The highest BCUT2D eigenvalue weighted by Gasteiger charge is 2.24. The van der Waals surface area contributed by atoms with Crippen LogP contribution in [0, 0.1) is 0 Å². The van der Waals surface area contributed by atoms with Crippen LogP contribution in [0.3, 0.4) is 0 Å². The number of nitrogens with one attached hydrogen (secondary N) is 1. The van der Waals surface area contributed by atoms with Crippen molar-refractivity contribution in [1.29, 1.82) is 0 Å². The number of carbonyl (C=O) groups is 2. The van der Waals surface area contributed by atoms with Gasteiger partial charge in [0.05, 0.1) is 0 Å². The molecule has 1 aromatic rings. The Balaban J connectivity index is 2.88. The summed E-state index contributed by atoms with van der Waals surface area (Å²) in [6, 6.07) is 4.53. The fraction of sp³-hybridized carbons (Fsp3) is 0.600. The Morgan fingerprint density at radius 2 is 1.59 bits per heavy atom. The summed E-state index contributed by atoms with van der Waals surface area (Å²) < 4.78 is 0. The molecule has 1 unspecified atom stereocenters. The molecule has 7 nitrogen and oxygen atoms in total. The van der Waals surface area contributed by atoms with Gasteiger partial charge in [-0.1, -0.05) is 58.3 Å². The molecule has 32 heavy (non-hydrogen) atoms. The number of nitrogens with two attached hydrogens (primary N) is 3. The summed E-state index contributed by atoms with van der Waals surface area (Å²) in [6.07, 6.45) is 11.7. The number of carbonyl (C=O) groups excluding carboxylic acids is 3. The van der Waals surface area contributed by atoms with Crippen molar-refractivity contribution in [1.82, 2.24) is 5.32 Å². The molecule has 0 saturated carbocycles. The second kappa shape index (κ2) is 16.1. The lowest BCUT2D eigenvalue weighted by Crippen LogP contribution is -2.25. The molecule has 0 fully saturated rings. The van der Waals surface area contributed by atoms with Crippen LogP contribution in [-0.2, 0) is 4.79 Å². The lowest BCUT2D eigenvalue weighted by atomic mass is 9.86. The normalized spacial score (nSPS) is 11.6. The number of hydrogen-bond donors (Lipinski definition) is 4. The molecule has 0 bridgehead atoms. The summed E-state index contributed by atoms with van der Waals surface area (Å²) in [5.41, 5.74) is 18.1. The molecule has 7 heteroatoms. The highest BCUT2D eigenvalue weighted by Crippen LogP contribution is 2.31. The van der Waals surface area contributed by atoms with E-state index < -0.39 is 17.7 Å². The molecular weight excluding hydrogens is 404 g/mol. The molecule has 0 aliphatic carbocycles. The van der Waals surface area contributed by atoms with E-state index in [9.17, 15) is 14.4 Å². The smallest absolute Gasteiger partial charge is 0.249 e. The van der Waals surface area contributed by atoms with Gasteiger partial charge in [-0.3, -0.25) is 9.59 Å². The van der Waals surface area contributed by atoms with Crippen LogP contribution in [0.2, 0.25) is 0 Å². The Morgan fingerprint density at radius 3 is 2.16 bits per heavy atom. The highest BCUT2D eigenvalue weighted by molar-refractivity contribution is 5.98. The number of amides is 2. The summed E-state index contributed by atoms with van der Waals surface area (Å²) in [6.45, 7) is 3.39. The average Bonchev–Trinajstić information content (AvgIpc) is 2.78. The van der Waals surface area contributed by atoms with Gasteiger partial charge in [-0.15, -0.1) is 0 Å². The number of primary amides is 2. The first-order chi connectivity index (χ1) is 15.5. The summed E-state index contributed by atoms with van der Waals surface area (Å²) in [7, 11) is 0. The molecule has 0 aliphatic rings. The molecule has 0 spiro atoms. The predicted molar refractivity (Wildman–Crippen MR) is 129 cm³/mol. The molecule has 0 heterocycles. The zero-order chi connectivity index (χ0) is 23.8. The Labute approximate surface area is 192 Å². The van der Waals surface area contributed by atoms with Crippen LogP contribution in [0.25, 0.3) is 0 Å². The Morgan fingerprint density at radius 1 is 0.938 bits per heavy atom. The van der Waals surface area contributed by atoms with E-state index in [1.807, 2.05) is 5.94 Å². The second-order valence-corrected chi connectivity index (χ2v) is 8.28. The van der Waals surface area contributed by atoms with Gasteiger partial charge in [0.2, 0.25) is 11.8 Å². The molecule has 1 rings (SSSR count). The first-order valence-electron chi connectivity index (χ1n) is 11.9. The van der Waals surface area contributed by atoms with E-state index >= 15 is 0 Å². The summed E-state index contributed by atoms with van der Waals surface area (Å²) in [5.74, 6) is 0.366. The number of benzene rings is 1. The average molecular weight is 445 g/mol. The van der Waals surface area contributed by atoms with Gasteiger partial charge in [-0.25, -0.2) is 4.79 Å². The molecule has 178 valence electrons. The third-order valence-corrected chi connectivity index (χ3v) is 5.73. The van der Waals surface area contributed by atoms with Crippen molar-refractivity contribution < 1.29 is 14.4 Å². The van der Waals surface area contributed by atoms with E-state index in [1.165, 1.54) is 50.7 Å². The van der Waals surface area contributed by atoms with E-state index in [0.717, 1.165) is 25.7 Å². The number of rotatable bonds is 18. The van der Waals surface area contributed by atoms with Crippen LogP contribution >= 0.6 is 0 Å². The van der Waals surface area contributed by atoms with Crippen LogP contribution in [0.1, 0.15) is 110 Å². The molecule has 0 aliphatic heterocycles. The maximum Gasteiger partial charge on any atom is 0.249 e. The summed E-state index contributed by atoms with van der Waals surface area (Å²) in [4.78, 5) is 35.6. The standard InChI is InChI=1S/C25H40N4O3/c1-2-3-4-5-6-7-8-11-16-29-23(18-30)20(12-9-10-15-26)22-17-19(24(27)31)13-14-21(22)25(28)32/h13-14,17,20,29H,2-12,15-16,26H2,1H3,(H2,27,31)(H2,28,32). The van der Waals surface area contributed by atoms with Crippen molar-refractivity contribution in [2.45, 2.75) is 83.5 Å². The lowest BCUT2D eigenvalue weighted by molar-refractivity contribution is 0.0987. The van der Waals surface area contributed by atoms with Crippen LogP contribution < -0.4 is 22.5 Å². The van der Waals surface area contributed by atoms with Gasteiger partial charge in [0.1, 0.15) is 11.6 Å². The first kappa shape index (κ1) is 27.4. The predicted octanol–water partition coefficient (Wildman–Crippen LogP) is 3.54. The fourth-order valence-electron chi connectivity index (χ4n) is 3.89. The SMILES string of the molecule is CCCCCCCCCCNC(=C=O)C(CCCCN)c1cc(C(N)=O)ccc1C(N)=O. The zero-order valence-corrected chi connectivity index (χ0v) is 19.5. The van der Waals surface area contributed by atoms with Crippen molar-refractivity contribution in [2.24, 2.45) is 17.2 Å². The Hall–Kier alpha value is -2.63. The van der Waals surface area contributed by atoms with Gasteiger partial charge in [0.15, 0.2) is 0 Å². The molecule has 0 aromatic heterocycles. The van der Waals surface area contributed by atoms with Crippen LogP contribution in [0.15, 0.2) is 23.9 Å². The maximum absolute atomic E-state index is 12.0.